The van der Waals surface area contributed by atoms with Crippen LogP contribution in [-0.4, -0.2) is 48.5 Å². The van der Waals surface area contributed by atoms with Crippen LogP contribution in [0.3, 0.4) is 0 Å². The molecule has 0 aromatic heterocycles. The zero-order chi connectivity index (χ0) is 12.8. The molecule has 0 bridgehead atoms. The van der Waals surface area contributed by atoms with Gasteiger partial charge in [0.2, 0.25) is 0 Å². The van der Waals surface area contributed by atoms with Crippen LogP contribution in [0.2, 0.25) is 0 Å². The van der Waals surface area contributed by atoms with E-state index in [1.165, 1.54) is 51.5 Å². The van der Waals surface area contributed by atoms with E-state index in [9.17, 15) is 0 Å². The first kappa shape index (κ1) is 14.3. The quantitative estimate of drug-likeness (QED) is 0.740. The van der Waals surface area contributed by atoms with Crippen molar-refractivity contribution in [1.29, 1.82) is 0 Å². The first-order valence-corrected chi connectivity index (χ1v) is 7.71. The van der Waals surface area contributed by atoms with E-state index in [1.54, 1.807) is 0 Å². The van der Waals surface area contributed by atoms with Gasteiger partial charge in [0.05, 0.1) is 5.60 Å². The van der Waals surface area contributed by atoms with Gasteiger partial charge in [0.1, 0.15) is 0 Å². The summed E-state index contributed by atoms with van der Waals surface area (Å²) in [7, 11) is 2.26. The van der Waals surface area contributed by atoms with Crippen molar-refractivity contribution in [3.8, 4) is 0 Å². The van der Waals surface area contributed by atoms with Crippen LogP contribution < -0.4 is 0 Å². The van der Waals surface area contributed by atoms with Crippen LogP contribution in [0.15, 0.2) is 0 Å². The predicted octanol–water partition coefficient (Wildman–Crippen LogP) is 2.57. The molecule has 2 fully saturated rings. The van der Waals surface area contributed by atoms with Crippen molar-refractivity contribution in [3.05, 3.63) is 0 Å². The Labute approximate surface area is 112 Å². The number of hydrogen-bond acceptors (Lipinski definition) is 3. The molecule has 0 aromatic carbocycles. The summed E-state index contributed by atoms with van der Waals surface area (Å²) in [5.74, 6) is 0. The summed E-state index contributed by atoms with van der Waals surface area (Å²) >= 11 is 0. The predicted molar refractivity (Wildman–Crippen MR) is 73.7 cm³/mol. The van der Waals surface area contributed by atoms with Gasteiger partial charge in [-0.2, -0.15) is 0 Å². The number of ether oxygens (including phenoxy) is 1. The monoisotopic (exact) mass is 255 g/mol. The van der Waals surface area contributed by atoms with Crippen LogP contribution in [0, 0.1) is 0 Å². The Kier molecular flexibility index (Phi) is 5.46. The van der Waals surface area contributed by atoms with E-state index in [0.29, 0.717) is 12.6 Å². The van der Waals surface area contributed by atoms with Gasteiger partial charge in [-0.05, 0) is 58.5 Å². The summed E-state index contributed by atoms with van der Waals surface area (Å²) in [4.78, 5) is 2.53. The molecule has 0 aromatic rings. The third-order valence-corrected chi connectivity index (χ3v) is 4.77. The lowest BCUT2D eigenvalue weighted by Crippen LogP contribution is -2.46. The molecule has 3 heteroatoms. The fourth-order valence-electron chi connectivity index (χ4n) is 3.58. The minimum Gasteiger partial charge on any atom is -0.396 e. The third-order valence-electron chi connectivity index (χ3n) is 4.77. The average Bonchev–Trinajstić information content (AvgIpc) is 2.82. The maximum absolute atomic E-state index is 8.79. The van der Waals surface area contributed by atoms with Crippen LogP contribution in [0.4, 0.5) is 0 Å². The molecule has 3 nitrogen and oxygen atoms in total. The number of hydrogen-bond donors (Lipinski definition) is 1. The van der Waals surface area contributed by atoms with Gasteiger partial charge in [-0.15, -0.1) is 0 Å². The Bertz CT molecular complexity index is 239. The lowest BCUT2D eigenvalue weighted by molar-refractivity contribution is -0.0988. The molecule has 0 amide bonds. The standard InChI is InChI=1S/C15H29NO2/c1-16(10-5-2-6-11-17)14-7-12-18-15(13-14)8-3-4-9-15/h14,17H,2-13H2,1H3. The molecule has 106 valence electrons. The summed E-state index contributed by atoms with van der Waals surface area (Å²) in [6.07, 6.45) is 11.0. The Balaban J connectivity index is 1.74. The van der Waals surface area contributed by atoms with Gasteiger partial charge in [-0.1, -0.05) is 12.8 Å². The zero-order valence-electron chi connectivity index (χ0n) is 11.9. The molecule has 1 saturated carbocycles. The highest BCUT2D eigenvalue weighted by molar-refractivity contribution is 4.93. The van der Waals surface area contributed by atoms with Gasteiger partial charge in [-0.3, -0.25) is 0 Å². The second kappa shape index (κ2) is 6.88. The van der Waals surface area contributed by atoms with Gasteiger partial charge in [0, 0.05) is 19.3 Å². The molecule has 1 saturated heterocycles. The second-order valence-corrected chi connectivity index (χ2v) is 6.15. The van der Waals surface area contributed by atoms with Crippen molar-refractivity contribution in [2.45, 2.75) is 69.4 Å². The molecule has 1 aliphatic carbocycles. The maximum atomic E-state index is 8.79. The molecule has 0 radical (unpaired) electrons. The van der Waals surface area contributed by atoms with E-state index >= 15 is 0 Å². The van der Waals surface area contributed by atoms with E-state index in [2.05, 4.69) is 11.9 Å². The minimum atomic E-state index is 0.238. The molecule has 1 heterocycles. The fraction of sp³-hybridized carbons (Fsp3) is 1.00. The molecule has 18 heavy (non-hydrogen) atoms. The molecular weight excluding hydrogens is 226 g/mol. The number of unbranched alkanes of at least 4 members (excludes halogenated alkanes) is 2. The van der Waals surface area contributed by atoms with E-state index < -0.39 is 0 Å². The lowest BCUT2D eigenvalue weighted by Gasteiger charge is -2.42. The molecule has 1 atom stereocenters. The van der Waals surface area contributed by atoms with Crippen molar-refractivity contribution in [2.24, 2.45) is 0 Å². The topological polar surface area (TPSA) is 32.7 Å². The van der Waals surface area contributed by atoms with Gasteiger partial charge in [0.25, 0.3) is 0 Å². The van der Waals surface area contributed by atoms with Crippen LogP contribution >= 0.6 is 0 Å². The van der Waals surface area contributed by atoms with E-state index in [1.807, 2.05) is 0 Å². The highest BCUT2D eigenvalue weighted by atomic mass is 16.5. The first-order chi connectivity index (χ1) is 8.76. The highest BCUT2D eigenvalue weighted by Gasteiger charge is 2.40. The van der Waals surface area contributed by atoms with Crippen molar-refractivity contribution < 1.29 is 9.84 Å². The fourth-order valence-corrected chi connectivity index (χ4v) is 3.58. The van der Waals surface area contributed by atoms with E-state index in [-0.39, 0.29) is 5.60 Å². The number of aliphatic hydroxyl groups is 1. The van der Waals surface area contributed by atoms with E-state index in [0.717, 1.165) is 19.4 Å². The molecule has 1 aliphatic heterocycles. The van der Waals surface area contributed by atoms with Gasteiger partial charge < -0.3 is 14.7 Å². The summed E-state index contributed by atoms with van der Waals surface area (Å²) in [5, 5.41) is 8.79. The number of aliphatic hydroxyl groups excluding tert-OH is 1. The van der Waals surface area contributed by atoms with Gasteiger partial charge >= 0.3 is 0 Å². The largest absolute Gasteiger partial charge is 0.396 e. The number of nitrogens with zero attached hydrogens (tertiary/aromatic N) is 1. The van der Waals surface area contributed by atoms with Crippen LogP contribution in [-0.2, 0) is 4.74 Å². The first-order valence-electron chi connectivity index (χ1n) is 7.71. The molecule has 1 unspecified atom stereocenters. The lowest BCUT2D eigenvalue weighted by atomic mass is 9.88. The van der Waals surface area contributed by atoms with Gasteiger partial charge in [0.15, 0.2) is 0 Å². The van der Waals surface area contributed by atoms with Crippen LogP contribution in [0.5, 0.6) is 0 Å². The Morgan fingerprint density at radius 2 is 2.00 bits per heavy atom. The van der Waals surface area contributed by atoms with Crippen molar-refractivity contribution in [1.82, 2.24) is 4.90 Å². The molecule has 1 N–H and O–H groups in total. The average molecular weight is 255 g/mol. The van der Waals surface area contributed by atoms with Crippen LogP contribution in [0.1, 0.15) is 57.8 Å². The maximum Gasteiger partial charge on any atom is 0.0697 e. The highest BCUT2D eigenvalue weighted by Crippen LogP contribution is 2.40. The van der Waals surface area contributed by atoms with Crippen molar-refractivity contribution in [3.63, 3.8) is 0 Å². The normalized spacial score (nSPS) is 27.2. The molecule has 2 rings (SSSR count). The zero-order valence-corrected chi connectivity index (χ0v) is 11.9. The van der Waals surface area contributed by atoms with Gasteiger partial charge in [-0.25, -0.2) is 0 Å². The summed E-state index contributed by atoms with van der Waals surface area (Å²) in [5.41, 5.74) is 0.238. The SMILES string of the molecule is CN(CCCCCO)C1CCOC2(CCCC2)C1. The molecular formula is C15H29NO2. The minimum absolute atomic E-state index is 0.238. The summed E-state index contributed by atoms with van der Waals surface area (Å²) < 4.78 is 6.09. The Hall–Kier alpha value is -0.120. The number of rotatable bonds is 6. The molecule has 2 aliphatic rings. The Morgan fingerprint density at radius 3 is 2.72 bits per heavy atom. The van der Waals surface area contributed by atoms with E-state index in [4.69, 9.17) is 9.84 Å². The third kappa shape index (κ3) is 3.69. The van der Waals surface area contributed by atoms with Crippen molar-refractivity contribution >= 4 is 0 Å². The molecule has 1 spiro atoms. The summed E-state index contributed by atoms with van der Waals surface area (Å²) in [6.45, 7) is 2.45. The Morgan fingerprint density at radius 1 is 1.22 bits per heavy atom. The summed E-state index contributed by atoms with van der Waals surface area (Å²) in [6, 6.07) is 0.714. The smallest absolute Gasteiger partial charge is 0.0697 e. The van der Waals surface area contributed by atoms with Crippen molar-refractivity contribution in [2.75, 3.05) is 26.8 Å². The van der Waals surface area contributed by atoms with Crippen LogP contribution in [0.25, 0.3) is 0 Å². The second-order valence-electron chi connectivity index (χ2n) is 6.15.